The van der Waals surface area contributed by atoms with E-state index in [-0.39, 0.29) is 18.9 Å². The van der Waals surface area contributed by atoms with Crippen molar-refractivity contribution < 1.29 is 14.3 Å². The lowest BCUT2D eigenvalue weighted by atomic mass is 10.0. The van der Waals surface area contributed by atoms with Crippen molar-refractivity contribution in [1.82, 2.24) is 0 Å². The number of carbonyl (C=O) groups excluding carboxylic acids is 2. The highest BCUT2D eigenvalue weighted by Gasteiger charge is 2.13. The lowest BCUT2D eigenvalue weighted by molar-refractivity contribution is -0.147. The molecule has 0 aliphatic rings. The maximum Gasteiger partial charge on any atom is 0.306 e. The summed E-state index contributed by atoms with van der Waals surface area (Å²) in [6.07, 6.45) is 1.91. The lowest BCUT2D eigenvalue weighted by Gasteiger charge is -2.09. The molecule has 0 aliphatic carbocycles. The van der Waals surface area contributed by atoms with Gasteiger partial charge in [0, 0.05) is 17.4 Å². The molecule has 106 valence electrons. The molecule has 20 heavy (non-hydrogen) atoms. The van der Waals surface area contributed by atoms with Crippen LogP contribution in [-0.2, 0) is 20.9 Å². The van der Waals surface area contributed by atoms with E-state index in [1.807, 2.05) is 30.3 Å². The van der Waals surface area contributed by atoms with Crippen LogP contribution in [0.25, 0.3) is 10.4 Å². The molecule has 0 spiro atoms. The fraction of sp³-hybridized carbons (Fsp3) is 0.429. The van der Waals surface area contributed by atoms with Crippen molar-refractivity contribution in [3.8, 4) is 0 Å². The first-order chi connectivity index (χ1) is 9.76. The molecule has 6 heteroatoms. The second kappa shape index (κ2) is 9.58. The van der Waals surface area contributed by atoms with Crippen molar-refractivity contribution in [2.75, 3.05) is 6.54 Å². The maximum absolute atomic E-state index is 11.6. The fourth-order valence-corrected chi connectivity index (χ4v) is 1.70. The monoisotopic (exact) mass is 275 g/mol. The highest BCUT2D eigenvalue weighted by atomic mass is 16.5. The van der Waals surface area contributed by atoms with E-state index >= 15 is 0 Å². The van der Waals surface area contributed by atoms with E-state index in [0.717, 1.165) is 11.8 Å². The van der Waals surface area contributed by atoms with Crippen LogP contribution in [0.2, 0.25) is 0 Å². The number of nitrogens with zero attached hydrogens (tertiary/aromatic N) is 3. The lowest BCUT2D eigenvalue weighted by Crippen LogP contribution is -2.13. The van der Waals surface area contributed by atoms with Crippen LogP contribution in [0.15, 0.2) is 35.4 Å². The Morgan fingerprint density at radius 2 is 2.15 bits per heavy atom. The summed E-state index contributed by atoms with van der Waals surface area (Å²) in [5.41, 5.74) is 9.04. The Morgan fingerprint density at radius 3 is 2.80 bits per heavy atom. The molecule has 1 atom stereocenters. The number of esters is 1. The van der Waals surface area contributed by atoms with E-state index in [0.29, 0.717) is 19.4 Å². The largest absolute Gasteiger partial charge is 0.461 e. The number of hydrogen-bond donors (Lipinski definition) is 0. The van der Waals surface area contributed by atoms with Crippen LogP contribution in [0, 0.1) is 5.92 Å². The van der Waals surface area contributed by atoms with Gasteiger partial charge in [0.25, 0.3) is 0 Å². The number of aldehydes is 1. The molecule has 1 aromatic carbocycles. The zero-order valence-corrected chi connectivity index (χ0v) is 11.1. The van der Waals surface area contributed by atoms with Crippen LogP contribution < -0.4 is 0 Å². The number of benzene rings is 1. The number of hydrogen-bond acceptors (Lipinski definition) is 4. The third-order valence-electron chi connectivity index (χ3n) is 2.76. The van der Waals surface area contributed by atoms with E-state index in [1.54, 1.807) is 0 Å². The minimum Gasteiger partial charge on any atom is -0.461 e. The Bertz CT molecular complexity index is 470. The van der Waals surface area contributed by atoms with Crippen LogP contribution >= 0.6 is 0 Å². The third-order valence-corrected chi connectivity index (χ3v) is 2.76. The molecular formula is C14H17N3O3. The molecule has 0 heterocycles. The van der Waals surface area contributed by atoms with Crippen molar-refractivity contribution >= 4 is 12.3 Å². The molecule has 6 nitrogen and oxygen atoms in total. The molecule has 0 saturated heterocycles. The average molecular weight is 275 g/mol. The summed E-state index contributed by atoms with van der Waals surface area (Å²) in [7, 11) is 0. The normalized spacial score (nSPS) is 11.2. The van der Waals surface area contributed by atoms with Gasteiger partial charge in [-0.2, -0.15) is 0 Å². The third kappa shape index (κ3) is 6.56. The van der Waals surface area contributed by atoms with E-state index in [4.69, 9.17) is 10.3 Å². The number of azide groups is 1. The zero-order valence-electron chi connectivity index (χ0n) is 11.1. The van der Waals surface area contributed by atoms with E-state index in [9.17, 15) is 9.59 Å². The van der Waals surface area contributed by atoms with E-state index in [2.05, 4.69) is 10.0 Å². The second-order valence-electron chi connectivity index (χ2n) is 4.34. The molecule has 0 saturated carbocycles. The van der Waals surface area contributed by atoms with Gasteiger partial charge in [0.1, 0.15) is 12.9 Å². The van der Waals surface area contributed by atoms with Crippen molar-refractivity contribution in [3.05, 3.63) is 46.3 Å². The van der Waals surface area contributed by atoms with E-state index in [1.165, 1.54) is 0 Å². The summed E-state index contributed by atoms with van der Waals surface area (Å²) >= 11 is 0. The summed E-state index contributed by atoms with van der Waals surface area (Å²) < 4.78 is 5.11. The van der Waals surface area contributed by atoms with Gasteiger partial charge in [-0.25, -0.2) is 0 Å². The summed E-state index contributed by atoms with van der Waals surface area (Å²) in [6.45, 7) is 0.546. The predicted molar refractivity (Wildman–Crippen MR) is 73.7 cm³/mol. The molecule has 0 bridgehead atoms. The standard InChI is InChI=1S/C14H17N3O3/c15-17-16-8-4-7-13(10-18)9-14(19)20-11-12-5-2-1-3-6-12/h1-3,5-6,10,13H,4,7-9,11H2/t13-/m1/s1. The second-order valence-corrected chi connectivity index (χ2v) is 4.34. The fourth-order valence-electron chi connectivity index (χ4n) is 1.70. The van der Waals surface area contributed by atoms with Crippen molar-refractivity contribution in [2.45, 2.75) is 25.9 Å². The van der Waals surface area contributed by atoms with Gasteiger partial charge in [0.2, 0.25) is 0 Å². The molecule has 0 aliphatic heterocycles. The highest BCUT2D eigenvalue weighted by molar-refractivity contribution is 5.73. The average Bonchev–Trinajstić information content (AvgIpc) is 2.49. The van der Waals surface area contributed by atoms with E-state index < -0.39 is 5.97 Å². The molecule has 0 amide bonds. The molecule has 1 aromatic rings. The molecule has 0 aromatic heterocycles. The number of ether oxygens (including phenoxy) is 1. The molecule has 1 rings (SSSR count). The Labute approximate surface area is 117 Å². The molecule has 0 radical (unpaired) electrons. The Hall–Kier alpha value is -2.33. The minimum atomic E-state index is -0.394. The topological polar surface area (TPSA) is 92.1 Å². The van der Waals surface area contributed by atoms with Crippen molar-refractivity contribution in [3.63, 3.8) is 0 Å². The number of carbonyl (C=O) groups is 2. The molecule has 0 fully saturated rings. The Morgan fingerprint density at radius 1 is 1.40 bits per heavy atom. The zero-order chi connectivity index (χ0) is 14.6. The first-order valence-electron chi connectivity index (χ1n) is 6.42. The Kier molecular flexibility index (Phi) is 7.53. The van der Waals surface area contributed by atoms with Gasteiger partial charge in [-0.15, -0.1) is 0 Å². The van der Waals surface area contributed by atoms with Crippen LogP contribution in [0.4, 0.5) is 0 Å². The van der Waals surface area contributed by atoms with Gasteiger partial charge in [-0.1, -0.05) is 35.4 Å². The van der Waals surface area contributed by atoms with Gasteiger partial charge < -0.3 is 9.53 Å². The molecular weight excluding hydrogens is 258 g/mol. The summed E-state index contributed by atoms with van der Waals surface area (Å²) in [5.74, 6) is -0.776. The van der Waals surface area contributed by atoms with Gasteiger partial charge in [0.05, 0.1) is 6.42 Å². The predicted octanol–water partition coefficient (Wildman–Crippen LogP) is 3.03. The van der Waals surface area contributed by atoms with Crippen LogP contribution in [0.3, 0.4) is 0 Å². The molecule has 0 unspecified atom stereocenters. The summed E-state index contributed by atoms with van der Waals surface area (Å²) in [4.78, 5) is 25.1. The minimum absolute atomic E-state index is 0.0621. The van der Waals surface area contributed by atoms with Crippen LogP contribution in [-0.4, -0.2) is 18.8 Å². The van der Waals surface area contributed by atoms with Gasteiger partial charge in [-0.3, -0.25) is 4.79 Å². The SMILES string of the molecule is [N-]=[N+]=NCCC[C@@H](C=O)CC(=O)OCc1ccccc1. The smallest absolute Gasteiger partial charge is 0.306 e. The van der Waals surface area contributed by atoms with Gasteiger partial charge in [-0.05, 0) is 23.9 Å². The van der Waals surface area contributed by atoms with Crippen molar-refractivity contribution in [1.29, 1.82) is 0 Å². The first-order valence-corrected chi connectivity index (χ1v) is 6.42. The maximum atomic E-state index is 11.6. The Balaban J connectivity index is 2.28. The first kappa shape index (κ1) is 15.7. The van der Waals surface area contributed by atoms with Crippen LogP contribution in [0.1, 0.15) is 24.8 Å². The van der Waals surface area contributed by atoms with Gasteiger partial charge in [0.15, 0.2) is 0 Å². The highest BCUT2D eigenvalue weighted by Crippen LogP contribution is 2.11. The quantitative estimate of drug-likeness (QED) is 0.173. The van der Waals surface area contributed by atoms with Gasteiger partial charge >= 0.3 is 5.97 Å². The van der Waals surface area contributed by atoms with Crippen LogP contribution in [0.5, 0.6) is 0 Å². The van der Waals surface area contributed by atoms with Crippen molar-refractivity contribution in [2.24, 2.45) is 11.0 Å². The number of rotatable bonds is 9. The summed E-state index contributed by atoms with van der Waals surface area (Å²) in [6, 6.07) is 9.35. The molecule has 0 N–H and O–H groups in total. The summed E-state index contributed by atoms with van der Waals surface area (Å²) in [5, 5.41) is 3.38.